The van der Waals surface area contributed by atoms with Crippen molar-refractivity contribution in [2.24, 2.45) is 0 Å². The topological polar surface area (TPSA) is 29.5 Å². The van der Waals surface area contributed by atoms with Crippen molar-refractivity contribution in [3.05, 3.63) is 37.0 Å². The smallest absolute Gasteiger partial charge is 0.197 e. The van der Waals surface area contributed by atoms with E-state index in [0.717, 1.165) is 0 Å². The first-order valence-electron chi connectivity index (χ1n) is 3.12. The zero-order chi connectivity index (χ0) is 8.27. The summed E-state index contributed by atoms with van der Waals surface area (Å²) in [5.41, 5.74) is 0. The highest BCUT2D eigenvalue weighted by Gasteiger charge is 1.98. The number of hydrogen-bond donors (Lipinski definition) is 1. The number of halogens is 1. The fraction of sp³-hybridized carbons (Fsp3) is 0.125. The van der Waals surface area contributed by atoms with Crippen molar-refractivity contribution in [2.45, 2.75) is 6.29 Å². The molecule has 2 nitrogen and oxygen atoms in total. The van der Waals surface area contributed by atoms with Gasteiger partial charge in [-0.05, 0) is 12.1 Å². The van der Waals surface area contributed by atoms with Gasteiger partial charge in [0, 0.05) is 13.0 Å². The van der Waals surface area contributed by atoms with Gasteiger partial charge in [0.15, 0.2) is 6.29 Å². The third-order valence-corrected chi connectivity index (χ3v) is 1.07. The predicted octanol–water partition coefficient (Wildman–Crippen LogP) is 1.36. The van der Waals surface area contributed by atoms with E-state index in [1.165, 1.54) is 24.3 Å². The quantitative estimate of drug-likeness (QED) is 0.653. The summed E-state index contributed by atoms with van der Waals surface area (Å²) in [6, 6.07) is 5.50. The molecule has 0 saturated carbocycles. The minimum atomic E-state index is -1.16. The molecule has 3 heteroatoms. The molecule has 0 bridgehead atoms. The Hall–Kier alpha value is -1.09. The Bertz CT molecular complexity index is 235. The van der Waals surface area contributed by atoms with Crippen LogP contribution in [0.15, 0.2) is 24.3 Å². The number of benzene rings is 1. The molecule has 0 fully saturated rings. The predicted molar refractivity (Wildman–Crippen MR) is 38.4 cm³/mol. The fourth-order valence-corrected chi connectivity index (χ4v) is 0.697. The average Bonchev–Trinajstić information content (AvgIpc) is 1.85. The van der Waals surface area contributed by atoms with Gasteiger partial charge in [-0.2, -0.15) is 0 Å². The Morgan fingerprint density at radius 3 is 2.82 bits per heavy atom. The lowest BCUT2D eigenvalue weighted by atomic mass is 10.3. The maximum absolute atomic E-state index is 12.4. The van der Waals surface area contributed by atoms with Crippen molar-refractivity contribution in [3.63, 3.8) is 0 Å². The van der Waals surface area contributed by atoms with E-state index in [9.17, 15) is 4.39 Å². The second-order valence-electron chi connectivity index (χ2n) is 2.03. The molecular formula is C8H8FO2. The summed E-state index contributed by atoms with van der Waals surface area (Å²) in [4.78, 5) is 0. The Kier molecular flexibility index (Phi) is 2.44. The molecule has 0 heterocycles. The summed E-state index contributed by atoms with van der Waals surface area (Å²) in [5, 5.41) is 8.64. The van der Waals surface area contributed by atoms with E-state index in [1.807, 2.05) is 0 Å². The summed E-state index contributed by atoms with van der Waals surface area (Å²) < 4.78 is 17.1. The SMILES string of the molecule is [CH2]C(O)Oc1cccc(F)c1. The van der Waals surface area contributed by atoms with E-state index in [4.69, 9.17) is 9.84 Å². The molecule has 59 valence electrons. The van der Waals surface area contributed by atoms with Gasteiger partial charge in [0.25, 0.3) is 0 Å². The van der Waals surface area contributed by atoms with E-state index >= 15 is 0 Å². The van der Waals surface area contributed by atoms with Crippen molar-refractivity contribution >= 4 is 0 Å². The van der Waals surface area contributed by atoms with Gasteiger partial charge < -0.3 is 9.84 Å². The number of ether oxygens (including phenoxy) is 1. The lowest BCUT2D eigenvalue weighted by Gasteiger charge is -2.07. The summed E-state index contributed by atoms with van der Waals surface area (Å²) in [6.07, 6.45) is -1.16. The van der Waals surface area contributed by atoms with Crippen LogP contribution in [0.2, 0.25) is 0 Å². The molecule has 0 saturated heterocycles. The maximum Gasteiger partial charge on any atom is 0.197 e. The maximum atomic E-state index is 12.4. The molecule has 11 heavy (non-hydrogen) atoms. The largest absolute Gasteiger partial charge is 0.465 e. The zero-order valence-corrected chi connectivity index (χ0v) is 5.83. The van der Waals surface area contributed by atoms with Gasteiger partial charge in [-0.15, -0.1) is 0 Å². The third-order valence-electron chi connectivity index (χ3n) is 1.07. The van der Waals surface area contributed by atoms with Crippen LogP contribution in [-0.4, -0.2) is 11.4 Å². The molecule has 0 aromatic heterocycles. The van der Waals surface area contributed by atoms with E-state index in [2.05, 4.69) is 6.92 Å². The molecular weight excluding hydrogens is 147 g/mol. The first-order valence-corrected chi connectivity index (χ1v) is 3.12. The van der Waals surface area contributed by atoms with Crippen LogP contribution in [0.25, 0.3) is 0 Å². The first-order chi connectivity index (χ1) is 5.18. The summed E-state index contributed by atoms with van der Waals surface area (Å²) >= 11 is 0. The van der Waals surface area contributed by atoms with Gasteiger partial charge in [-0.3, -0.25) is 0 Å². The number of aliphatic hydroxyl groups is 1. The van der Waals surface area contributed by atoms with Gasteiger partial charge in [-0.1, -0.05) is 6.07 Å². The molecule has 0 spiro atoms. The van der Waals surface area contributed by atoms with Crippen molar-refractivity contribution in [1.29, 1.82) is 0 Å². The van der Waals surface area contributed by atoms with Crippen molar-refractivity contribution in [2.75, 3.05) is 0 Å². The van der Waals surface area contributed by atoms with E-state index in [0.29, 0.717) is 0 Å². The standard InChI is InChI=1S/C8H8FO2/c1-6(10)11-8-4-2-3-7(9)5-8/h2-6,10H,1H2. The second kappa shape index (κ2) is 3.34. The summed E-state index contributed by atoms with van der Waals surface area (Å²) in [7, 11) is 0. The van der Waals surface area contributed by atoms with Crippen LogP contribution in [-0.2, 0) is 0 Å². The lowest BCUT2D eigenvalue weighted by molar-refractivity contribution is 0.0220. The van der Waals surface area contributed by atoms with Crippen LogP contribution in [0.5, 0.6) is 5.75 Å². The molecule has 1 radical (unpaired) electrons. The Morgan fingerprint density at radius 2 is 2.27 bits per heavy atom. The third kappa shape index (κ3) is 2.55. The Labute approximate surface area is 64.2 Å². The molecule has 1 aromatic carbocycles. The minimum absolute atomic E-state index is 0.271. The lowest BCUT2D eigenvalue weighted by Crippen LogP contribution is -2.09. The van der Waals surface area contributed by atoms with Crippen LogP contribution in [0.4, 0.5) is 4.39 Å². The number of aliphatic hydroxyl groups excluding tert-OH is 1. The monoisotopic (exact) mass is 155 g/mol. The zero-order valence-electron chi connectivity index (χ0n) is 5.83. The average molecular weight is 155 g/mol. The Balaban J connectivity index is 2.71. The molecule has 1 N–H and O–H groups in total. The molecule has 0 amide bonds. The van der Waals surface area contributed by atoms with Crippen LogP contribution in [0.1, 0.15) is 0 Å². The fourth-order valence-electron chi connectivity index (χ4n) is 0.697. The molecule has 0 aliphatic carbocycles. The number of hydrogen-bond acceptors (Lipinski definition) is 2. The first kappa shape index (κ1) is 8.01. The normalized spacial score (nSPS) is 12.6. The molecule has 1 aromatic rings. The van der Waals surface area contributed by atoms with Crippen molar-refractivity contribution < 1.29 is 14.2 Å². The van der Waals surface area contributed by atoms with Gasteiger partial charge in [0.1, 0.15) is 11.6 Å². The molecule has 0 aliphatic rings. The van der Waals surface area contributed by atoms with Gasteiger partial charge in [0.05, 0.1) is 0 Å². The molecule has 1 rings (SSSR count). The molecule has 1 atom stereocenters. The summed E-state index contributed by atoms with van der Waals surface area (Å²) in [6.45, 7) is 3.17. The second-order valence-corrected chi connectivity index (χ2v) is 2.03. The highest BCUT2D eigenvalue weighted by Crippen LogP contribution is 2.12. The van der Waals surface area contributed by atoms with Crippen LogP contribution >= 0.6 is 0 Å². The highest BCUT2D eigenvalue weighted by molar-refractivity contribution is 5.22. The molecule has 1 unspecified atom stereocenters. The minimum Gasteiger partial charge on any atom is -0.465 e. The van der Waals surface area contributed by atoms with Crippen LogP contribution < -0.4 is 4.74 Å². The number of rotatable bonds is 2. The van der Waals surface area contributed by atoms with E-state index in [-0.39, 0.29) is 5.75 Å². The van der Waals surface area contributed by atoms with Crippen molar-refractivity contribution in [3.8, 4) is 5.75 Å². The van der Waals surface area contributed by atoms with Gasteiger partial charge in [-0.25, -0.2) is 4.39 Å². The van der Waals surface area contributed by atoms with E-state index < -0.39 is 12.1 Å². The molecule has 0 aliphatic heterocycles. The van der Waals surface area contributed by atoms with Crippen LogP contribution in [0.3, 0.4) is 0 Å². The van der Waals surface area contributed by atoms with Gasteiger partial charge in [0.2, 0.25) is 0 Å². The van der Waals surface area contributed by atoms with E-state index in [1.54, 1.807) is 0 Å². The van der Waals surface area contributed by atoms with Gasteiger partial charge >= 0.3 is 0 Å². The Morgan fingerprint density at radius 1 is 1.55 bits per heavy atom. The summed E-state index contributed by atoms with van der Waals surface area (Å²) in [5.74, 6) is -0.129. The highest BCUT2D eigenvalue weighted by atomic mass is 19.1. The van der Waals surface area contributed by atoms with Crippen molar-refractivity contribution in [1.82, 2.24) is 0 Å². The van der Waals surface area contributed by atoms with Crippen LogP contribution in [0, 0.1) is 12.7 Å².